The lowest BCUT2D eigenvalue weighted by atomic mass is 10.2. The summed E-state index contributed by atoms with van der Waals surface area (Å²) in [5, 5.41) is 0. The van der Waals surface area contributed by atoms with Crippen LogP contribution in [0.5, 0.6) is 0 Å². The van der Waals surface area contributed by atoms with Crippen LogP contribution in [0.2, 0.25) is 0 Å². The molecule has 2 rings (SSSR count). The molecule has 86 valence electrons. The Kier molecular flexibility index (Phi) is 3.10. The molecule has 0 saturated heterocycles. The summed E-state index contributed by atoms with van der Waals surface area (Å²) in [6.07, 6.45) is 2.35. The van der Waals surface area contributed by atoms with Crippen molar-refractivity contribution in [1.29, 1.82) is 0 Å². The fourth-order valence-corrected chi connectivity index (χ4v) is 1.65. The lowest BCUT2D eigenvalue weighted by Gasteiger charge is -2.22. The second-order valence-corrected chi connectivity index (χ2v) is 4.17. The fraction of sp³-hybridized carbons (Fsp3) is 0.417. The monoisotopic (exact) mass is 218 g/mol. The molecule has 4 heteroatoms. The number of aliphatic imine (C=N–C) groups is 1. The van der Waals surface area contributed by atoms with Crippen LogP contribution in [0.3, 0.4) is 0 Å². The molecule has 1 aliphatic rings. The number of hydrazine groups is 1. The second-order valence-electron chi connectivity index (χ2n) is 4.17. The number of nitrogens with zero attached hydrogens (tertiary/aromatic N) is 2. The van der Waals surface area contributed by atoms with Gasteiger partial charge in [0.2, 0.25) is 5.96 Å². The van der Waals surface area contributed by atoms with Crippen LogP contribution in [0.4, 0.5) is 5.69 Å². The summed E-state index contributed by atoms with van der Waals surface area (Å²) in [5.74, 6) is 6.25. The Morgan fingerprint density at radius 1 is 1.44 bits per heavy atom. The number of aryl methyl sites for hydroxylation is 1. The highest BCUT2D eigenvalue weighted by atomic mass is 15.4. The number of nitrogens with two attached hydrogens (primary N) is 1. The number of guanidine groups is 1. The van der Waals surface area contributed by atoms with Crippen LogP contribution in [0, 0.1) is 6.92 Å². The van der Waals surface area contributed by atoms with Gasteiger partial charge < -0.3 is 4.90 Å². The van der Waals surface area contributed by atoms with Gasteiger partial charge in [-0.3, -0.25) is 5.43 Å². The minimum Gasteiger partial charge on any atom is -0.314 e. The molecule has 1 fully saturated rings. The quantitative estimate of drug-likeness (QED) is 0.341. The van der Waals surface area contributed by atoms with E-state index < -0.39 is 0 Å². The topological polar surface area (TPSA) is 53.6 Å². The summed E-state index contributed by atoms with van der Waals surface area (Å²) in [6.45, 7) is 2.08. The van der Waals surface area contributed by atoms with E-state index in [1.807, 2.05) is 24.1 Å². The molecule has 1 aromatic rings. The SMILES string of the molecule is Cc1ccccc1N(C)C(=NC1CC1)NN. The van der Waals surface area contributed by atoms with Crippen LogP contribution in [0.15, 0.2) is 29.3 Å². The first-order valence-electron chi connectivity index (χ1n) is 5.56. The zero-order valence-corrected chi connectivity index (χ0v) is 9.77. The van der Waals surface area contributed by atoms with E-state index in [0.29, 0.717) is 6.04 Å². The average Bonchev–Trinajstić information content (AvgIpc) is 3.09. The van der Waals surface area contributed by atoms with Crippen LogP contribution < -0.4 is 16.2 Å². The maximum atomic E-state index is 5.51. The Balaban J connectivity index is 2.22. The second kappa shape index (κ2) is 4.53. The lowest BCUT2D eigenvalue weighted by molar-refractivity contribution is 0.931. The van der Waals surface area contributed by atoms with Gasteiger partial charge in [0, 0.05) is 12.7 Å². The van der Waals surface area contributed by atoms with Gasteiger partial charge in [-0.05, 0) is 31.4 Å². The van der Waals surface area contributed by atoms with Crippen molar-refractivity contribution in [3.05, 3.63) is 29.8 Å². The maximum Gasteiger partial charge on any atom is 0.212 e. The number of hydrogen-bond acceptors (Lipinski definition) is 2. The van der Waals surface area contributed by atoms with Crippen LogP contribution in [-0.4, -0.2) is 19.0 Å². The van der Waals surface area contributed by atoms with E-state index in [1.165, 1.54) is 18.4 Å². The molecule has 1 aromatic carbocycles. The summed E-state index contributed by atoms with van der Waals surface area (Å²) < 4.78 is 0. The van der Waals surface area contributed by atoms with Gasteiger partial charge in [-0.2, -0.15) is 0 Å². The predicted molar refractivity (Wildman–Crippen MR) is 67.4 cm³/mol. The molecule has 0 aromatic heterocycles. The van der Waals surface area contributed by atoms with E-state index in [2.05, 4.69) is 29.5 Å². The first kappa shape index (κ1) is 11.0. The number of nitrogens with one attached hydrogen (secondary N) is 1. The molecule has 0 aliphatic heterocycles. The third-order valence-corrected chi connectivity index (χ3v) is 2.78. The minimum absolute atomic E-state index is 0.456. The Morgan fingerprint density at radius 3 is 2.69 bits per heavy atom. The van der Waals surface area contributed by atoms with Crippen molar-refractivity contribution in [2.75, 3.05) is 11.9 Å². The van der Waals surface area contributed by atoms with Crippen molar-refractivity contribution in [3.63, 3.8) is 0 Å². The average molecular weight is 218 g/mol. The Bertz CT molecular complexity index is 396. The van der Waals surface area contributed by atoms with Gasteiger partial charge in [0.15, 0.2) is 0 Å². The number of rotatable bonds is 2. The summed E-state index contributed by atoms with van der Waals surface area (Å²) >= 11 is 0. The highest BCUT2D eigenvalue weighted by molar-refractivity contribution is 5.96. The summed E-state index contributed by atoms with van der Waals surface area (Å²) in [7, 11) is 1.98. The number of anilines is 1. The Hall–Kier alpha value is -1.55. The molecule has 0 bridgehead atoms. The number of hydrogen-bond donors (Lipinski definition) is 2. The maximum absolute atomic E-state index is 5.51. The Morgan fingerprint density at radius 2 is 2.12 bits per heavy atom. The van der Waals surface area contributed by atoms with Gasteiger partial charge in [-0.15, -0.1) is 0 Å². The van der Waals surface area contributed by atoms with Gasteiger partial charge in [-0.1, -0.05) is 18.2 Å². The fourth-order valence-electron chi connectivity index (χ4n) is 1.65. The summed E-state index contributed by atoms with van der Waals surface area (Å²) in [4.78, 5) is 6.52. The molecule has 16 heavy (non-hydrogen) atoms. The zero-order chi connectivity index (χ0) is 11.5. The normalized spacial score (nSPS) is 16.1. The summed E-state index contributed by atoms with van der Waals surface area (Å²) in [5.41, 5.74) is 5.01. The van der Waals surface area contributed by atoms with Crippen molar-refractivity contribution >= 4 is 11.6 Å². The standard InChI is InChI=1S/C12H18N4/c1-9-5-3-4-6-11(9)16(2)12(15-13)14-10-7-8-10/h3-6,10H,7-8,13H2,1-2H3,(H,14,15). The molecule has 1 saturated carbocycles. The van der Waals surface area contributed by atoms with E-state index >= 15 is 0 Å². The molecule has 0 unspecified atom stereocenters. The van der Waals surface area contributed by atoms with Crippen LogP contribution in [0.25, 0.3) is 0 Å². The largest absolute Gasteiger partial charge is 0.314 e. The highest BCUT2D eigenvalue weighted by Crippen LogP contribution is 2.25. The van der Waals surface area contributed by atoms with E-state index in [0.717, 1.165) is 11.6 Å². The third kappa shape index (κ3) is 2.33. The molecule has 3 N–H and O–H groups in total. The summed E-state index contributed by atoms with van der Waals surface area (Å²) in [6, 6.07) is 8.65. The van der Waals surface area contributed by atoms with E-state index in [4.69, 9.17) is 5.84 Å². The van der Waals surface area contributed by atoms with E-state index in [1.54, 1.807) is 0 Å². The van der Waals surface area contributed by atoms with Crippen LogP contribution >= 0.6 is 0 Å². The van der Waals surface area contributed by atoms with Crippen LogP contribution in [0.1, 0.15) is 18.4 Å². The van der Waals surface area contributed by atoms with Crippen molar-refractivity contribution < 1.29 is 0 Å². The first-order chi connectivity index (χ1) is 7.72. The van der Waals surface area contributed by atoms with Crippen LogP contribution in [-0.2, 0) is 0 Å². The van der Waals surface area contributed by atoms with Crippen molar-refractivity contribution in [3.8, 4) is 0 Å². The van der Waals surface area contributed by atoms with E-state index in [-0.39, 0.29) is 0 Å². The van der Waals surface area contributed by atoms with Gasteiger partial charge in [0.1, 0.15) is 0 Å². The molecule has 0 radical (unpaired) electrons. The minimum atomic E-state index is 0.456. The highest BCUT2D eigenvalue weighted by Gasteiger charge is 2.22. The molecule has 4 nitrogen and oxygen atoms in total. The van der Waals surface area contributed by atoms with Crippen molar-refractivity contribution in [2.24, 2.45) is 10.8 Å². The van der Waals surface area contributed by atoms with Gasteiger partial charge in [0.25, 0.3) is 0 Å². The third-order valence-electron chi connectivity index (χ3n) is 2.78. The molecule has 0 amide bonds. The molecule has 0 heterocycles. The molecule has 0 atom stereocenters. The predicted octanol–water partition coefficient (Wildman–Crippen LogP) is 1.41. The molecule has 0 spiro atoms. The number of benzene rings is 1. The van der Waals surface area contributed by atoms with Gasteiger partial charge in [-0.25, -0.2) is 10.8 Å². The Labute approximate surface area is 96.1 Å². The van der Waals surface area contributed by atoms with Gasteiger partial charge >= 0.3 is 0 Å². The van der Waals surface area contributed by atoms with Crippen molar-refractivity contribution in [1.82, 2.24) is 5.43 Å². The smallest absolute Gasteiger partial charge is 0.212 e. The number of para-hydroxylation sites is 1. The molecule has 1 aliphatic carbocycles. The zero-order valence-electron chi connectivity index (χ0n) is 9.77. The molecular formula is C12H18N4. The lowest BCUT2D eigenvalue weighted by Crippen LogP contribution is -2.43. The molecular weight excluding hydrogens is 200 g/mol. The van der Waals surface area contributed by atoms with Crippen molar-refractivity contribution in [2.45, 2.75) is 25.8 Å². The van der Waals surface area contributed by atoms with Gasteiger partial charge in [0.05, 0.1) is 6.04 Å². The first-order valence-corrected chi connectivity index (χ1v) is 5.56. The van der Waals surface area contributed by atoms with E-state index in [9.17, 15) is 0 Å².